The van der Waals surface area contributed by atoms with Gasteiger partial charge in [-0.25, -0.2) is 0 Å². The average molecular weight is 459 g/mol. The molecule has 33 heavy (non-hydrogen) atoms. The SMILES string of the molecule is CC(=O)O[C@@]12C[C@@H]3CC[C@@H]4[C@H]5CC[C@H]([C@H](C)CCCC(C)C)[C@@]5(C)CC[C@H]4[C@@]3(C)CC[C@H]1O2. The Balaban J connectivity index is 1.29. The topological polar surface area (TPSA) is 38.8 Å². The maximum Gasteiger partial charge on any atom is 0.305 e. The first-order valence-corrected chi connectivity index (χ1v) is 14.5. The van der Waals surface area contributed by atoms with Gasteiger partial charge in [0.2, 0.25) is 5.79 Å². The van der Waals surface area contributed by atoms with Gasteiger partial charge < -0.3 is 9.47 Å². The van der Waals surface area contributed by atoms with Crippen LogP contribution in [0.3, 0.4) is 0 Å². The monoisotopic (exact) mass is 458 g/mol. The summed E-state index contributed by atoms with van der Waals surface area (Å²) in [5, 5.41) is 0. The second kappa shape index (κ2) is 8.52. The number of hydrogen-bond donors (Lipinski definition) is 0. The normalized spacial score (nSPS) is 49.3. The molecule has 0 aromatic carbocycles. The van der Waals surface area contributed by atoms with Crippen LogP contribution in [-0.2, 0) is 14.3 Å². The minimum Gasteiger partial charge on any atom is -0.430 e. The molecular formula is C30H50O3. The molecule has 10 atom stereocenters. The highest BCUT2D eigenvalue weighted by atomic mass is 16.8. The van der Waals surface area contributed by atoms with Gasteiger partial charge in [-0.05, 0) is 104 Å². The zero-order valence-corrected chi connectivity index (χ0v) is 22.3. The fourth-order valence-corrected chi connectivity index (χ4v) is 10.1. The van der Waals surface area contributed by atoms with E-state index in [0.29, 0.717) is 16.7 Å². The first-order valence-electron chi connectivity index (χ1n) is 14.5. The summed E-state index contributed by atoms with van der Waals surface area (Å²) >= 11 is 0. The second-order valence-electron chi connectivity index (χ2n) is 13.9. The Morgan fingerprint density at radius 3 is 2.39 bits per heavy atom. The predicted octanol–water partition coefficient (Wildman–Crippen LogP) is 7.77. The van der Waals surface area contributed by atoms with Gasteiger partial charge in [0.05, 0.1) is 0 Å². The molecule has 1 aliphatic heterocycles. The van der Waals surface area contributed by atoms with Gasteiger partial charge in [0.1, 0.15) is 6.10 Å². The second-order valence-corrected chi connectivity index (χ2v) is 13.9. The zero-order valence-electron chi connectivity index (χ0n) is 22.3. The van der Waals surface area contributed by atoms with E-state index in [9.17, 15) is 4.79 Å². The predicted molar refractivity (Wildman–Crippen MR) is 132 cm³/mol. The van der Waals surface area contributed by atoms with Crippen LogP contribution in [0, 0.1) is 52.3 Å². The van der Waals surface area contributed by atoms with E-state index in [1.54, 1.807) is 0 Å². The molecule has 0 aromatic heterocycles. The highest BCUT2D eigenvalue weighted by Gasteiger charge is 2.67. The number of ether oxygens (including phenoxy) is 2. The maximum atomic E-state index is 11.8. The third-order valence-corrected chi connectivity index (χ3v) is 11.8. The van der Waals surface area contributed by atoms with Crippen LogP contribution in [0.15, 0.2) is 0 Å². The van der Waals surface area contributed by atoms with Crippen molar-refractivity contribution in [1.82, 2.24) is 0 Å². The van der Waals surface area contributed by atoms with E-state index in [0.717, 1.165) is 48.3 Å². The van der Waals surface area contributed by atoms with Crippen LogP contribution in [0.1, 0.15) is 119 Å². The van der Waals surface area contributed by atoms with Gasteiger partial charge in [-0.3, -0.25) is 4.79 Å². The summed E-state index contributed by atoms with van der Waals surface area (Å²) in [6.07, 6.45) is 16.1. The minimum atomic E-state index is -0.575. The molecule has 4 aliphatic carbocycles. The molecule has 3 heteroatoms. The Kier molecular flexibility index (Phi) is 6.24. The van der Waals surface area contributed by atoms with Crippen LogP contribution in [0.2, 0.25) is 0 Å². The molecule has 0 amide bonds. The van der Waals surface area contributed by atoms with Crippen LogP contribution < -0.4 is 0 Å². The lowest BCUT2D eigenvalue weighted by molar-refractivity contribution is -0.163. The fourth-order valence-electron chi connectivity index (χ4n) is 10.1. The summed E-state index contributed by atoms with van der Waals surface area (Å²) in [6.45, 7) is 14.2. The molecule has 0 N–H and O–H groups in total. The fraction of sp³-hybridized carbons (Fsp3) is 0.967. The molecule has 1 heterocycles. The molecule has 188 valence electrons. The van der Waals surface area contributed by atoms with Gasteiger partial charge in [-0.2, -0.15) is 0 Å². The van der Waals surface area contributed by atoms with Crippen LogP contribution in [-0.4, -0.2) is 17.9 Å². The highest BCUT2D eigenvalue weighted by molar-refractivity contribution is 5.66. The van der Waals surface area contributed by atoms with E-state index in [-0.39, 0.29) is 12.1 Å². The van der Waals surface area contributed by atoms with Crippen molar-refractivity contribution in [3.63, 3.8) is 0 Å². The van der Waals surface area contributed by atoms with Crippen molar-refractivity contribution in [2.45, 2.75) is 130 Å². The molecule has 4 saturated carbocycles. The quantitative estimate of drug-likeness (QED) is 0.301. The van der Waals surface area contributed by atoms with E-state index >= 15 is 0 Å². The van der Waals surface area contributed by atoms with Crippen molar-refractivity contribution in [2.24, 2.45) is 52.3 Å². The van der Waals surface area contributed by atoms with E-state index in [2.05, 4.69) is 34.6 Å². The van der Waals surface area contributed by atoms with Crippen molar-refractivity contribution in [3.05, 3.63) is 0 Å². The highest BCUT2D eigenvalue weighted by Crippen LogP contribution is 2.69. The summed E-state index contributed by atoms with van der Waals surface area (Å²) in [5.41, 5.74) is 0.964. The van der Waals surface area contributed by atoms with Crippen LogP contribution >= 0.6 is 0 Å². The number of hydrogen-bond acceptors (Lipinski definition) is 3. The lowest BCUT2D eigenvalue weighted by atomic mass is 9.45. The third kappa shape index (κ3) is 4.01. The minimum absolute atomic E-state index is 0.152. The summed E-state index contributed by atoms with van der Waals surface area (Å²) in [4.78, 5) is 11.8. The van der Waals surface area contributed by atoms with Crippen molar-refractivity contribution in [2.75, 3.05) is 0 Å². The molecule has 0 aromatic rings. The Morgan fingerprint density at radius 1 is 0.939 bits per heavy atom. The van der Waals surface area contributed by atoms with Gasteiger partial charge in [-0.1, -0.05) is 53.9 Å². The molecule has 5 fully saturated rings. The maximum absolute atomic E-state index is 11.8. The zero-order chi connectivity index (χ0) is 23.6. The van der Waals surface area contributed by atoms with Crippen molar-refractivity contribution < 1.29 is 14.3 Å². The van der Waals surface area contributed by atoms with Gasteiger partial charge in [0.15, 0.2) is 0 Å². The molecular weight excluding hydrogens is 408 g/mol. The lowest BCUT2D eigenvalue weighted by Gasteiger charge is -2.59. The summed E-state index contributed by atoms with van der Waals surface area (Å²) in [7, 11) is 0. The summed E-state index contributed by atoms with van der Waals surface area (Å²) < 4.78 is 11.8. The van der Waals surface area contributed by atoms with Gasteiger partial charge in [0.25, 0.3) is 0 Å². The molecule has 0 spiro atoms. The van der Waals surface area contributed by atoms with Crippen molar-refractivity contribution in [3.8, 4) is 0 Å². The Labute approximate surface area is 203 Å². The number of carbonyl (C=O) groups is 1. The number of carbonyl (C=O) groups excluding carboxylic acids is 1. The average Bonchev–Trinajstić information content (AvgIpc) is 3.29. The van der Waals surface area contributed by atoms with E-state index in [4.69, 9.17) is 9.47 Å². The van der Waals surface area contributed by atoms with E-state index < -0.39 is 5.79 Å². The molecule has 3 nitrogen and oxygen atoms in total. The van der Waals surface area contributed by atoms with E-state index in [1.807, 2.05) is 0 Å². The number of fused-ring (bicyclic) bond motifs is 6. The Morgan fingerprint density at radius 2 is 1.67 bits per heavy atom. The van der Waals surface area contributed by atoms with Crippen LogP contribution in [0.4, 0.5) is 0 Å². The smallest absolute Gasteiger partial charge is 0.305 e. The van der Waals surface area contributed by atoms with Gasteiger partial charge in [0, 0.05) is 13.3 Å². The molecule has 0 unspecified atom stereocenters. The Hall–Kier alpha value is -0.570. The van der Waals surface area contributed by atoms with Gasteiger partial charge in [-0.15, -0.1) is 0 Å². The standard InChI is InChI=1S/C30H50O3/c1-19(2)8-7-9-20(3)24-12-13-25-23-11-10-22-18-30(32-21(4)31)27(33-30)15-17-28(22,5)26(23)14-16-29(24,25)6/h19-20,22-27H,7-18H2,1-6H3/t20-,22+,23-,24-,25-,26-,27-,28+,29-,30-/m1/s1. The molecule has 5 rings (SSSR count). The number of rotatable bonds is 6. The van der Waals surface area contributed by atoms with Gasteiger partial charge >= 0.3 is 5.97 Å². The molecule has 5 aliphatic rings. The lowest BCUT2D eigenvalue weighted by Crippen LogP contribution is -2.52. The summed E-state index contributed by atoms with van der Waals surface area (Å²) in [5.74, 6) is 5.25. The summed E-state index contributed by atoms with van der Waals surface area (Å²) in [6, 6.07) is 0. The van der Waals surface area contributed by atoms with Crippen LogP contribution in [0.5, 0.6) is 0 Å². The number of epoxide rings is 1. The molecule has 0 radical (unpaired) electrons. The first-order chi connectivity index (χ1) is 15.6. The van der Waals surface area contributed by atoms with Crippen molar-refractivity contribution >= 4 is 5.97 Å². The van der Waals surface area contributed by atoms with Crippen LogP contribution in [0.25, 0.3) is 0 Å². The first kappa shape index (κ1) is 24.1. The molecule has 1 saturated heterocycles. The van der Waals surface area contributed by atoms with E-state index in [1.165, 1.54) is 71.1 Å². The molecule has 0 bridgehead atoms. The third-order valence-electron chi connectivity index (χ3n) is 11.8. The Bertz CT molecular complexity index is 747. The van der Waals surface area contributed by atoms with Crippen molar-refractivity contribution in [1.29, 1.82) is 0 Å². The number of esters is 1. The largest absolute Gasteiger partial charge is 0.430 e.